The number of rotatable bonds is 7. The van der Waals surface area contributed by atoms with Crippen LogP contribution in [0.15, 0.2) is 60.8 Å². The highest BCUT2D eigenvalue weighted by atomic mass is 16.5. The fraction of sp³-hybridized carbons (Fsp3) is 0.190. The van der Waals surface area contributed by atoms with Gasteiger partial charge < -0.3 is 15.4 Å². The highest BCUT2D eigenvalue weighted by molar-refractivity contribution is 5.90. The Kier molecular flexibility index (Phi) is 5.05. The number of nitrogens with one attached hydrogen (secondary N) is 2. The zero-order valence-electron chi connectivity index (χ0n) is 15.9. The molecule has 4 rings (SSSR count). The van der Waals surface area contributed by atoms with Gasteiger partial charge in [0.25, 0.3) is 0 Å². The van der Waals surface area contributed by atoms with Gasteiger partial charge in [-0.25, -0.2) is 4.68 Å². The molecular formula is C21H22N6O. The third kappa shape index (κ3) is 3.59. The van der Waals surface area contributed by atoms with E-state index < -0.39 is 0 Å². The zero-order chi connectivity index (χ0) is 19.3. The third-order valence-electron chi connectivity index (χ3n) is 4.32. The summed E-state index contributed by atoms with van der Waals surface area (Å²) in [6, 6.07) is 17.7. The molecule has 4 aromatic rings. The summed E-state index contributed by atoms with van der Waals surface area (Å²) in [6.45, 7) is 2.91. The second-order valence-electron chi connectivity index (χ2n) is 6.31. The second kappa shape index (κ2) is 7.96. The Morgan fingerprint density at radius 2 is 1.79 bits per heavy atom. The van der Waals surface area contributed by atoms with Crippen molar-refractivity contribution in [1.82, 2.24) is 19.7 Å². The van der Waals surface area contributed by atoms with Crippen LogP contribution in [-0.4, -0.2) is 33.4 Å². The number of benzene rings is 2. The van der Waals surface area contributed by atoms with Crippen molar-refractivity contribution < 1.29 is 4.74 Å². The molecule has 7 nitrogen and oxygen atoms in total. The molecule has 142 valence electrons. The molecule has 0 unspecified atom stereocenters. The van der Waals surface area contributed by atoms with Gasteiger partial charge in [0.05, 0.1) is 24.4 Å². The van der Waals surface area contributed by atoms with Crippen molar-refractivity contribution in [2.24, 2.45) is 0 Å². The van der Waals surface area contributed by atoms with Crippen LogP contribution in [0.1, 0.15) is 13.3 Å². The third-order valence-corrected chi connectivity index (χ3v) is 4.32. The highest BCUT2D eigenvalue weighted by Gasteiger charge is 2.14. The maximum atomic E-state index is 5.23. The van der Waals surface area contributed by atoms with Crippen molar-refractivity contribution in [3.63, 3.8) is 0 Å². The number of ether oxygens (including phenoxy) is 1. The van der Waals surface area contributed by atoms with E-state index in [1.165, 1.54) is 0 Å². The maximum absolute atomic E-state index is 5.23. The fourth-order valence-electron chi connectivity index (χ4n) is 2.89. The molecule has 0 radical (unpaired) electrons. The summed E-state index contributed by atoms with van der Waals surface area (Å²) in [7, 11) is 1.65. The first kappa shape index (κ1) is 17.8. The lowest BCUT2D eigenvalue weighted by Gasteiger charge is -2.11. The Balaban J connectivity index is 1.78. The summed E-state index contributed by atoms with van der Waals surface area (Å²) in [6.07, 6.45) is 2.78. The Hall–Kier alpha value is -3.61. The average molecular weight is 374 g/mol. The van der Waals surface area contributed by atoms with Crippen LogP contribution in [0, 0.1) is 0 Å². The summed E-state index contributed by atoms with van der Waals surface area (Å²) in [5.74, 6) is 2.08. The lowest BCUT2D eigenvalue weighted by molar-refractivity contribution is 0.415. The second-order valence-corrected chi connectivity index (χ2v) is 6.31. The molecule has 7 heteroatoms. The lowest BCUT2D eigenvalue weighted by atomic mass is 10.3. The number of nitrogens with zero attached hydrogens (tertiary/aromatic N) is 4. The number of aromatic nitrogens is 4. The van der Waals surface area contributed by atoms with Crippen LogP contribution in [0.3, 0.4) is 0 Å². The van der Waals surface area contributed by atoms with Crippen LogP contribution >= 0.6 is 0 Å². The summed E-state index contributed by atoms with van der Waals surface area (Å²) in [5, 5.41) is 12.0. The van der Waals surface area contributed by atoms with E-state index in [4.69, 9.17) is 9.72 Å². The summed E-state index contributed by atoms with van der Waals surface area (Å²) < 4.78 is 7.06. The van der Waals surface area contributed by atoms with Crippen LogP contribution in [0.4, 0.5) is 17.5 Å². The van der Waals surface area contributed by atoms with Gasteiger partial charge in [0.2, 0.25) is 5.95 Å². The molecule has 0 fully saturated rings. The minimum absolute atomic E-state index is 0.572. The van der Waals surface area contributed by atoms with Crippen LogP contribution in [0.25, 0.3) is 16.7 Å². The molecule has 2 heterocycles. The van der Waals surface area contributed by atoms with Gasteiger partial charge in [-0.2, -0.15) is 15.1 Å². The zero-order valence-corrected chi connectivity index (χ0v) is 15.9. The van der Waals surface area contributed by atoms with E-state index in [9.17, 15) is 0 Å². The molecule has 0 aliphatic carbocycles. The number of hydrogen-bond donors (Lipinski definition) is 2. The van der Waals surface area contributed by atoms with Crippen molar-refractivity contribution in [1.29, 1.82) is 0 Å². The van der Waals surface area contributed by atoms with Crippen LogP contribution in [-0.2, 0) is 0 Å². The number of fused-ring (bicyclic) bond motifs is 1. The van der Waals surface area contributed by atoms with Crippen molar-refractivity contribution >= 4 is 28.5 Å². The van der Waals surface area contributed by atoms with E-state index in [1.54, 1.807) is 13.3 Å². The van der Waals surface area contributed by atoms with Gasteiger partial charge in [-0.05, 0) is 42.8 Å². The minimum Gasteiger partial charge on any atom is -0.497 e. The minimum atomic E-state index is 0.572. The van der Waals surface area contributed by atoms with Gasteiger partial charge >= 0.3 is 0 Å². The van der Waals surface area contributed by atoms with E-state index in [-0.39, 0.29) is 0 Å². The molecule has 28 heavy (non-hydrogen) atoms. The van der Waals surface area contributed by atoms with Crippen molar-refractivity contribution in [2.75, 3.05) is 24.3 Å². The standard InChI is InChI=1S/C21H22N6O/c1-3-13-22-21-25-19(24-15-9-11-17(28-2)12-10-15)18-14-23-27(20(18)26-21)16-7-5-4-6-8-16/h4-12,14H,3,13H2,1-2H3,(H2,22,24,25,26). The monoisotopic (exact) mass is 374 g/mol. The van der Waals surface area contributed by atoms with Crippen LogP contribution in [0.2, 0.25) is 0 Å². The molecule has 0 amide bonds. The van der Waals surface area contributed by atoms with Gasteiger partial charge in [-0.15, -0.1) is 0 Å². The van der Waals surface area contributed by atoms with E-state index in [2.05, 4.69) is 27.6 Å². The number of hydrogen-bond acceptors (Lipinski definition) is 6. The maximum Gasteiger partial charge on any atom is 0.226 e. The number of para-hydroxylation sites is 1. The average Bonchev–Trinajstić information content (AvgIpc) is 3.18. The molecule has 0 aliphatic rings. The lowest BCUT2D eigenvalue weighted by Crippen LogP contribution is -2.07. The summed E-state index contributed by atoms with van der Waals surface area (Å²) in [5.41, 5.74) is 2.61. The largest absolute Gasteiger partial charge is 0.497 e. The van der Waals surface area contributed by atoms with Gasteiger partial charge in [-0.3, -0.25) is 0 Å². The molecule has 0 atom stereocenters. The van der Waals surface area contributed by atoms with E-state index >= 15 is 0 Å². The summed E-state index contributed by atoms with van der Waals surface area (Å²) >= 11 is 0. The molecule has 2 aromatic carbocycles. The van der Waals surface area contributed by atoms with Gasteiger partial charge in [0, 0.05) is 12.2 Å². The molecule has 0 bridgehead atoms. The predicted octanol–water partition coefficient (Wildman–Crippen LogP) is 4.39. The number of methoxy groups -OCH3 is 1. The van der Waals surface area contributed by atoms with Crippen molar-refractivity contribution in [3.05, 3.63) is 60.8 Å². The Morgan fingerprint density at radius 1 is 1.00 bits per heavy atom. The summed E-state index contributed by atoms with van der Waals surface area (Å²) in [4.78, 5) is 9.36. The van der Waals surface area contributed by atoms with E-state index in [0.717, 1.165) is 41.1 Å². The molecule has 0 aliphatic heterocycles. The van der Waals surface area contributed by atoms with Crippen LogP contribution in [0.5, 0.6) is 5.75 Å². The molecule has 0 spiro atoms. The molecule has 2 N–H and O–H groups in total. The predicted molar refractivity (Wildman–Crippen MR) is 112 cm³/mol. The van der Waals surface area contributed by atoms with Gasteiger partial charge in [0.1, 0.15) is 11.6 Å². The normalized spacial score (nSPS) is 10.8. The first-order valence-electron chi connectivity index (χ1n) is 9.24. The van der Waals surface area contributed by atoms with Gasteiger partial charge in [-0.1, -0.05) is 25.1 Å². The van der Waals surface area contributed by atoms with E-state index in [0.29, 0.717) is 11.8 Å². The van der Waals surface area contributed by atoms with Crippen molar-refractivity contribution in [2.45, 2.75) is 13.3 Å². The molecule has 2 aromatic heterocycles. The molecular weight excluding hydrogens is 352 g/mol. The van der Waals surface area contributed by atoms with Gasteiger partial charge in [0.15, 0.2) is 5.65 Å². The molecule has 0 saturated heterocycles. The van der Waals surface area contributed by atoms with E-state index in [1.807, 2.05) is 59.3 Å². The number of anilines is 3. The van der Waals surface area contributed by atoms with Crippen molar-refractivity contribution in [3.8, 4) is 11.4 Å². The first-order valence-corrected chi connectivity index (χ1v) is 9.24. The topological polar surface area (TPSA) is 76.9 Å². The van der Waals surface area contributed by atoms with Crippen LogP contribution < -0.4 is 15.4 Å². The first-order chi connectivity index (χ1) is 13.8. The fourth-order valence-corrected chi connectivity index (χ4v) is 2.89. The molecule has 0 saturated carbocycles. The highest BCUT2D eigenvalue weighted by Crippen LogP contribution is 2.27. The Bertz CT molecular complexity index is 1060. The SMILES string of the molecule is CCCNc1nc(Nc2ccc(OC)cc2)c2cnn(-c3ccccc3)c2n1. The Morgan fingerprint density at radius 3 is 2.50 bits per heavy atom. The quantitative estimate of drug-likeness (QED) is 0.500. The Labute approximate surface area is 163 Å². The smallest absolute Gasteiger partial charge is 0.226 e.